The van der Waals surface area contributed by atoms with Crippen LogP contribution in [-0.2, 0) is 4.79 Å². The molecule has 0 aliphatic carbocycles. The molecule has 1 amide bonds. The number of aromatic nitrogens is 1. The van der Waals surface area contributed by atoms with E-state index in [-0.39, 0.29) is 22.8 Å². The number of nitrogens with zero attached hydrogens (tertiary/aromatic N) is 1. The Morgan fingerprint density at radius 2 is 2.25 bits per heavy atom. The van der Waals surface area contributed by atoms with Crippen LogP contribution in [0.25, 0.3) is 10.2 Å². The number of carbonyl (C=O) groups excluding carboxylic acids is 1. The number of nitrogens with one attached hydrogen (secondary N) is 2. The van der Waals surface area contributed by atoms with Gasteiger partial charge >= 0.3 is 0 Å². The monoisotopic (exact) mass is 311 g/mol. The summed E-state index contributed by atoms with van der Waals surface area (Å²) in [6.45, 7) is 3.91. The van der Waals surface area contributed by atoms with Crippen LogP contribution in [0.5, 0.6) is 0 Å². The Hall–Kier alpha value is -1.60. The van der Waals surface area contributed by atoms with E-state index in [4.69, 9.17) is 12.2 Å². The quantitative estimate of drug-likeness (QED) is 0.854. The molecule has 0 atom stereocenters. The van der Waals surface area contributed by atoms with Gasteiger partial charge in [0.15, 0.2) is 10.2 Å². The first-order valence-electron chi connectivity index (χ1n) is 6.11. The predicted octanol–water partition coefficient (Wildman–Crippen LogP) is 3.29. The van der Waals surface area contributed by atoms with Crippen LogP contribution in [0.3, 0.4) is 0 Å². The summed E-state index contributed by atoms with van der Waals surface area (Å²) in [5.41, 5.74) is 0.690. The van der Waals surface area contributed by atoms with Crippen LogP contribution in [-0.4, -0.2) is 16.0 Å². The lowest BCUT2D eigenvalue weighted by molar-refractivity contribution is -0.120. The molecule has 0 radical (unpaired) electrons. The summed E-state index contributed by atoms with van der Waals surface area (Å²) in [7, 11) is 0. The Kier molecular flexibility index (Phi) is 4.61. The number of thiazole rings is 1. The molecule has 2 rings (SSSR count). The number of fused-ring (bicyclic) bond motifs is 1. The van der Waals surface area contributed by atoms with Gasteiger partial charge in [-0.3, -0.25) is 4.79 Å². The Bertz CT molecular complexity index is 654. The molecule has 7 heteroatoms. The zero-order valence-electron chi connectivity index (χ0n) is 11.1. The number of benzene rings is 1. The van der Waals surface area contributed by atoms with Gasteiger partial charge in [-0.15, -0.1) is 0 Å². The minimum Gasteiger partial charge on any atom is -0.308 e. The molecule has 20 heavy (non-hydrogen) atoms. The number of hydrogen-bond acceptors (Lipinski definition) is 4. The van der Waals surface area contributed by atoms with Gasteiger partial charge in [0.2, 0.25) is 5.91 Å². The summed E-state index contributed by atoms with van der Waals surface area (Å²) in [5, 5.41) is 6.16. The summed E-state index contributed by atoms with van der Waals surface area (Å²) in [5.74, 6) is -0.173. The normalized spacial score (nSPS) is 10.8. The second-order valence-electron chi connectivity index (χ2n) is 4.73. The van der Waals surface area contributed by atoms with Crippen molar-refractivity contribution in [2.24, 2.45) is 5.92 Å². The highest BCUT2D eigenvalue weighted by atomic mass is 32.1. The zero-order chi connectivity index (χ0) is 14.7. The molecule has 0 saturated heterocycles. The number of thiocarbonyl (C=S) groups is 1. The molecule has 106 valence electrons. The molecule has 0 fully saturated rings. The molecular formula is C13H14FN3OS2. The van der Waals surface area contributed by atoms with Crippen molar-refractivity contribution >= 4 is 49.9 Å². The maximum absolute atomic E-state index is 13.1. The molecule has 2 N–H and O–H groups in total. The number of amides is 1. The molecule has 0 aliphatic heterocycles. The third-order valence-corrected chi connectivity index (χ3v) is 3.56. The van der Waals surface area contributed by atoms with Crippen LogP contribution < -0.4 is 10.6 Å². The highest BCUT2D eigenvalue weighted by molar-refractivity contribution is 7.80. The molecule has 1 heterocycles. The second kappa shape index (κ2) is 6.23. The number of anilines is 1. The summed E-state index contributed by atoms with van der Waals surface area (Å²) in [4.78, 5) is 15.8. The van der Waals surface area contributed by atoms with E-state index in [0.29, 0.717) is 17.1 Å². The van der Waals surface area contributed by atoms with Crippen molar-refractivity contribution < 1.29 is 9.18 Å². The van der Waals surface area contributed by atoms with Crippen LogP contribution in [0.1, 0.15) is 20.3 Å². The van der Waals surface area contributed by atoms with Crippen LogP contribution in [0.4, 0.5) is 9.52 Å². The number of hydrogen-bond donors (Lipinski definition) is 2. The second-order valence-corrected chi connectivity index (χ2v) is 6.17. The first-order chi connectivity index (χ1) is 9.44. The molecule has 4 nitrogen and oxygen atoms in total. The number of rotatable bonds is 3. The van der Waals surface area contributed by atoms with Gasteiger partial charge in [-0.1, -0.05) is 25.2 Å². The van der Waals surface area contributed by atoms with Crippen molar-refractivity contribution in [3.05, 3.63) is 24.0 Å². The summed E-state index contributed by atoms with van der Waals surface area (Å²) in [6, 6.07) is 4.37. The van der Waals surface area contributed by atoms with Crippen LogP contribution in [0.2, 0.25) is 0 Å². The Balaban J connectivity index is 2.01. The van der Waals surface area contributed by atoms with Crippen LogP contribution >= 0.6 is 23.6 Å². The van der Waals surface area contributed by atoms with Crippen LogP contribution in [0.15, 0.2) is 18.2 Å². The van der Waals surface area contributed by atoms with Gasteiger partial charge in [0.1, 0.15) is 5.82 Å². The predicted molar refractivity (Wildman–Crippen MR) is 83.4 cm³/mol. The first-order valence-corrected chi connectivity index (χ1v) is 7.33. The minimum atomic E-state index is -0.305. The lowest BCUT2D eigenvalue weighted by atomic mass is 10.1. The molecular weight excluding hydrogens is 297 g/mol. The fourth-order valence-electron chi connectivity index (χ4n) is 1.63. The van der Waals surface area contributed by atoms with E-state index in [0.717, 1.165) is 4.70 Å². The maximum atomic E-state index is 13.1. The molecule has 0 aliphatic rings. The third-order valence-electron chi connectivity index (χ3n) is 2.42. The van der Waals surface area contributed by atoms with Gasteiger partial charge < -0.3 is 10.6 Å². The average molecular weight is 311 g/mol. The maximum Gasteiger partial charge on any atom is 0.226 e. The highest BCUT2D eigenvalue weighted by Crippen LogP contribution is 2.26. The SMILES string of the molecule is CC(C)CC(=O)NC(=S)Nc1nc2ccc(F)cc2s1. The van der Waals surface area contributed by atoms with Gasteiger partial charge in [-0.25, -0.2) is 9.37 Å². The molecule has 0 unspecified atom stereocenters. The van der Waals surface area contributed by atoms with Crippen molar-refractivity contribution in [2.45, 2.75) is 20.3 Å². The zero-order valence-corrected chi connectivity index (χ0v) is 12.7. The Labute approximate surface area is 125 Å². The summed E-state index contributed by atoms with van der Waals surface area (Å²) >= 11 is 6.32. The molecule has 0 saturated carbocycles. The van der Waals surface area contributed by atoms with Gasteiger partial charge in [0.05, 0.1) is 10.2 Å². The van der Waals surface area contributed by atoms with E-state index in [2.05, 4.69) is 15.6 Å². The minimum absolute atomic E-state index is 0.135. The smallest absolute Gasteiger partial charge is 0.226 e. The van der Waals surface area contributed by atoms with Gasteiger partial charge in [0.25, 0.3) is 0 Å². The molecule has 1 aromatic carbocycles. The van der Waals surface area contributed by atoms with Gasteiger partial charge in [-0.2, -0.15) is 0 Å². The van der Waals surface area contributed by atoms with Crippen molar-refractivity contribution in [3.8, 4) is 0 Å². The Morgan fingerprint density at radius 3 is 2.95 bits per heavy atom. The molecule has 0 bridgehead atoms. The van der Waals surface area contributed by atoms with Gasteiger partial charge in [-0.05, 0) is 36.3 Å². The summed E-state index contributed by atoms with van der Waals surface area (Å²) in [6.07, 6.45) is 0.410. The molecule has 1 aromatic heterocycles. The van der Waals surface area contributed by atoms with Crippen LogP contribution in [0, 0.1) is 11.7 Å². The van der Waals surface area contributed by atoms with E-state index < -0.39 is 0 Å². The lowest BCUT2D eigenvalue weighted by Crippen LogP contribution is -2.34. The Morgan fingerprint density at radius 1 is 1.50 bits per heavy atom. The fraction of sp³-hybridized carbons (Fsp3) is 0.308. The van der Waals surface area contributed by atoms with Crippen molar-refractivity contribution in [1.29, 1.82) is 0 Å². The average Bonchev–Trinajstić information content (AvgIpc) is 2.68. The summed E-state index contributed by atoms with van der Waals surface area (Å²) < 4.78 is 13.8. The van der Waals surface area contributed by atoms with E-state index in [1.807, 2.05) is 13.8 Å². The molecule has 2 aromatic rings. The fourth-order valence-corrected chi connectivity index (χ4v) is 2.80. The number of halogens is 1. The van der Waals surface area contributed by atoms with Gasteiger partial charge in [0, 0.05) is 6.42 Å². The lowest BCUT2D eigenvalue weighted by Gasteiger charge is -2.08. The van der Waals surface area contributed by atoms with Crippen molar-refractivity contribution in [1.82, 2.24) is 10.3 Å². The number of carbonyl (C=O) groups is 1. The largest absolute Gasteiger partial charge is 0.308 e. The standard InChI is InChI=1S/C13H14FN3OS2/c1-7(2)5-11(18)16-12(19)17-13-15-9-4-3-8(14)6-10(9)20-13/h3-4,6-7H,5H2,1-2H3,(H2,15,16,17,18,19). The third kappa shape index (κ3) is 3.94. The van der Waals surface area contributed by atoms with E-state index in [1.165, 1.54) is 23.5 Å². The van der Waals surface area contributed by atoms with E-state index >= 15 is 0 Å². The van der Waals surface area contributed by atoms with E-state index in [9.17, 15) is 9.18 Å². The highest BCUT2D eigenvalue weighted by Gasteiger charge is 2.09. The van der Waals surface area contributed by atoms with Crippen molar-refractivity contribution in [2.75, 3.05) is 5.32 Å². The topological polar surface area (TPSA) is 54.0 Å². The van der Waals surface area contributed by atoms with E-state index in [1.54, 1.807) is 6.07 Å². The van der Waals surface area contributed by atoms with Crippen molar-refractivity contribution in [3.63, 3.8) is 0 Å². The molecule has 0 spiro atoms. The first kappa shape index (κ1) is 14.8.